The monoisotopic (exact) mass is 348 g/mol. The van der Waals surface area contributed by atoms with Gasteiger partial charge < -0.3 is 4.90 Å². The van der Waals surface area contributed by atoms with E-state index >= 15 is 0 Å². The van der Waals surface area contributed by atoms with Crippen molar-refractivity contribution in [2.24, 2.45) is 22.7 Å². The molecular weight excluding hydrogens is 312 g/mol. The lowest BCUT2D eigenvalue weighted by molar-refractivity contribution is -0.164. The lowest BCUT2D eigenvalue weighted by Gasteiger charge is -2.57. The van der Waals surface area contributed by atoms with Crippen molar-refractivity contribution in [3.8, 4) is 0 Å². The maximum absolute atomic E-state index is 13.1. The number of hydrogen-bond donors (Lipinski definition) is 0. The van der Waals surface area contributed by atoms with Crippen LogP contribution in [0.4, 0.5) is 0 Å². The van der Waals surface area contributed by atoms with E-state index in [-0.39, 0.29) is 22.3 Å². The highest BCUT2D eigenvalue weighted by Crippen LogP contribution is 2.54. The summed E-state index contributed by atoms with van der Waals surface area (Å²) in [6.07, 6.45) is 3.90. The third-order valence-corrected chi connectivity index (χ3v) is 6.60. The largest absolute Gasteiger partial charge is 0.341 e. The number of hydrogen-bond acceptors (Lipinski definition) is 3. The maximum atomic E-state index is 13.1. The van der Waals surface area contributed by atoms with Gasteiger partial charge in [0.1, 0.15) is 5.78 Å². The zero-order valence-corrected chi connectivity index (χ0v) is 17.0. The van der Waals surface area contributed by atoms with E-state index in [1.807, 2.05) is 25.7 Å². The first kappa shape index (κ1) is 18.9. The Bertz CT molecular complexity index is 541. The number of likely N-dealkylation sites (tertiary alicyclic amines) is 1. The number of carbonyl (C=O) groups excluding carboxylic acids is 2. The highest BCUT2D eigenvalue weighted by Gasteiger charge is 2.57. The average Bonchev–Trinajstić information content (AvgIpc) is 2.51. The zero-order valence-electron chi connectivity index (χ0n) is 17.0. The van der Waals surface area contributed by atoms with Gasteiger partial charge in [-0.2, -0.15) is 0 Å². The second-order valence-corrected chi connectivity index (χ2v) is 10.8. The van der Waals surface area contributed by atoms with E-state index in [4.69, 9.17) is 0 Å². The molecule has 1 aliphatic carbocycles. The summed E-state index contributed by atoms with van der Waals surface area (Å²) in [6, 6.07) is 0. The molecule has 4 aliphatic rings. The predicted molar refractivity (Wildman–Crippen MR) is 100 cm³/mol. The number of Topliss-reactive ketones (excluding diaryl/α,β-unsaturated/α-hetero) is 1. The van der Waals surface area contributed by atoms with Crippen molar-refractivity contribution >= 4 is 11.7 Å². The molecule has 3 heterocycles. The van der Waals surface area contributed by atoms with E-state index in [1.165, 1.54) is 0 Å². The third-order valence-electron chi connectivity index (χ3n) is 6.60. The molecule has 4 nitrogen and oxygen atoms in total. The van der Waals surface area contributed by atoms with Crippen molar-refractivity contribution in [3.05, 3.63) is 0 Å². The van der Waals surface area contributed by atoms with Gasteiger partial charge in [-0.1, -0.05) is 20.8 Å². The Balaban J connectivity index is 1.62. The van der Waals surface area contributed by atoms with Gasteiger partial charge >= 0.3 is 0 Å². The van der Waals surface area contributed by atoms with Gasteiger partial charge in [0.2, 0.25) is 5.91 Å². The Morgan fingerprint density at radius 2 is 1.52 bits per heavy atom. The van der Waals surface area contributed by atoms with Crippen molar-refractivity contribution in [2.45, 2.75) is 72.8 Å². The van der Waals surface area contributed by atoms with E-state index in [0.29, 0.717) is 24.2 Å². The minimum atomic E-state index is -0.310. The molecule has 3 aliphatic heterocycles. The first-order valence-corrected chi connectivity index (χ1v) is 10.0. The summed E-state index contributed by atoms with van der Waals surface area (Å²) in [6.45, 7) is 16.3. The molecule has 4 fully saturated rings. The molecule has 0 spiro atoms. The highest BCUT2D eigenvalue weighted by atomic mass is 16.2. The van der Waals surface area contributed by atoms with Crippen molar-refractivity contribution in [1.82, 2.24) is 9.80 Å². The fourth-order valence-corrected chi connectivity index (χ4v) is 5.32. The second-order valence-electron chi connectivity index (χ2n) is 10.8. The fourth-order valence-electron chi connectivity index (χ4n) is 5.32. The number of nitrogens with zero attached hydrogens (tertiary/aromatic N) is 2. The Morgan fingerprint density at radius 1 is 0.960 bits per heavy atom. The quantitative estimate of drug-likeness (QED) is 0.768. The predicted octanol–water partition coefficient (Wildman–Crippen LogP) is 3.35. The SMILES string of the molecule is CC(C)(C)C(=O)C12CC(CN(C(=O)C3CCN(C(C)(C)C)CC3)C1)C2. The molecule has 1 amide bonds. The summed E-state index contributed by atoms with van der Waals surface area (Å²) in [7, 11) is 0. The summed E-state index contributed by atoms with van der Waals surface area (Å²) < 4.78 is 0. The molecule has 4 heteroatoms. The van der Waals surface area contributed by atoms with Crippen LogP contribution in [0.15, 0.2) is 0 Å². The lowest BCUT2D eigenvalue weighted by atomic mass is 9.53. The molecule has 1 saturated carbocycles. The molecule has 0 aromatic heterocycles. The fraction of sp³-hybridized carbons (Fsp3) is 0.905. The van der Waals surface area contributed by atoms with E-state index in [0.717, 1.165) is 45.3 Å². The van der Waals surface area contributed by atoms with Gasteiger partial charge in [0.05, 0.1) is 0 Å². The van der Waals surface area contributed by atoms with Crippen LogP contribution in [0.3, 0.4) is 0 Å². The van der Waals surface area contributed by atoms with Gasteiger partial charge in [-0.25, -0.2) is 0 Å². The van der Waals surface area contributed by atoms with Gasteiger partial charge in [0, 0.05) is 35.4 Å². The smallest absolute Gasteiger partial charge is 0.225 e. The summed E-state index contributed by atoms with van der Waals surface area (Å²) >= 11 is 0. The number of amides is 1. The number of ketones is 1. The first-order chi connectivity index (χ1) is 11.4. The molecule has 2 bridgehead atoms. The molecule has 142 valence electrons. The molecule has 0 N–H and O–H groups in total. The normalized spacial score (nSPS) is 31.6. The average molecular weight is 349 g/mol. The lowest BCUT2D eigenvalue weighted by Crippen LogP contribution is -2.64. The molecule has 0 atom stereocenters. The minimum Gasteiger partial charge on any atom is -0.341 e. The van der Waals surface area contributed by atoms with Crippen LogP contribution in [0.1, 0.15) is 67.2 Å². The van der Waals surface area contributed by atoms with E-state index in [9.17, 15) is 9.59 Å². The van der Waals surface area contributed by atoms with E-state index in [2.05, 4.69) is 25.7 Å². The number of piperidine rings is 3. The topological polar surface area (TPSA) is 40.6 Å². The standard InChI is InChI=1S/C21H36N2O2/c1-19(2,3)18(25)21-11-15(12-21)13-22(14-21)17(24)16-7-9-23(10-8-16)20(4,5)6/h15-16H,7-14H2,1-6H3. The minimum absolute atomic E-state index is 0.151. The Morgan fingerprint density at radius 3 is 2.00 bits per heavy atom. The number of carbonyl (C=O) groups is 2. The molecule has 0 aromatic carbocycles. The molecule has 0 unspecified atom stereocenters. The molecule has 0 radical (unpaired) electrons. The van der Waals surface area contributed by atoms with Gasteiger partial charge in [0.25, 0.3) is 0 Å². The Kier molecular flexibility index (Phi) is 4.59. The van der Waals surface area contributed by atoms with Gasteiger partial charge in [-0.3, -0.25) is 14.5 Å². The molecule has 3 saturated heterocycles. The zero-order chi connectivity index (χ0) is 18.6. The van der Waals surface area contributed by atoms with Crippen LogP contribution in [0.25, 0.3) is 0 Å². The van der Waals surface area contributed by atoms with Crippen LogP contribution in [0.5, 0.6) is 0 Å². The number of rotatable bonds is 2. The summed E-state index contributed by atoms with van der Waals surface area (Å²) in [4.78, 5) is 30.5. The van der Waals surface area contributed by atoms with E-state index in [1.54, 1.807) is 0 Å². The van der Waals surface area contributed by atoms with Crippen LogP contribution >= 0.6 is 0 Å². The molecule has 0 aromatic rings. The van der Waals surface area contributed by atoms with Crippen molar-refractivity contribution in [2.75, 3.05) is 26.2 Å². The van der Waals surface area contributed by atoms with Gasteiger partial charge in [-0.15, -0.1) is 0 Å². The van der Waals surface area contributed by atoms with Crippen LogP contribution in [0, 0.1) is 22.7 Å². The van der Waals surface area contributed by atoms with Crippen molar-refractivity contribution < 1.29 is 9.59 Å². The molecular formula is C21H36N2O2. The maximum Gasteiger partial charge on any atom is 0.225 e. The van der Waals surface area contributed by atoms with Gasteiger partial charge in [-0.05, 0) is 65.5 Å². The van der Waals surface area contributed by atoms with Gasteiger partial charge in [0.15, 0.2) is 0 Å². The summed E-state index contributed by atoms with van der Waals surface area (Å²) in [5, 5.41) is 0. The molecule has 4 rings (SSSR count). The highest BCUT2D eigenvalue weighted by molar-refractivity contribution is 5.91. The third kappa shape index (κ3) is 3.51. The van der Waals surface area contributed by atoms with Crippen LogP contribution in [0.2, 0.25) is 0 Å². The van der Waals surface area contributed by atoms with Crippen molar-refractivity contribution in [3.63, 3.8) is 0 Å². The Labute approximate surface area is 153 Å². The van der Waals surface area contributed by atoms with Crippen LogP contribution < -0.4 is 0 Å². The summed E-state index contributed by atoms with van der Waals surface area (Å²) in [5.74, 6) is 1.36. The van der Waals surface area contributed by atoms with Crippen LogP contribution in [-0.4, -0.2) is 53.2 Å². The van der Waals surface area contributed by atoms with E-state index < -0.39 is 0 Å². The number of fused-ring (bicyclic) bond motifs is 2. The first-order valence-electron chi connectivity index (χ1n) is 10.0. The second kappa shape index (κ2) is 6.07. The molecule has 25 heavy (non-hydrogen) atoms. The summed E-state index contributed by atoms with van der Waals surface area (Å²) in [5.41, 5.74) is -0.373. The van der Waals surface area contributed by atoms with Crippen molar-refractivity contribution in [1.29, 1.82) is 0 Å². The Hall–Kier alpha value is -0.900. The van der Waals surface area contributed by atoms with Crippen LogP contribution in [-0.2, 0) is 9.59 Å².